The molecule has 0 saturated heterocycles. The van der Waals surface area contributed by atoms with Crippen LogP contribution in [0.2, 0.25) is 0 Å². The normalized spacial score (nSPS) is 14.6. The van der Waals surface area contributed by atoms with Crippen molar-refractivity contribution in [2.45, 2.75) is 32.2 Å². The minimum absolute atomic E-state index is 0.0213. The SMILES string of the molecule is CCCC(COC)NC(=O)c1ccc2c(c1)NCC2. The van der Waals surface area contributed by atoms with Crippen LogP contribution in [0.4, 0.5) is 5.69 Å². The molecule has 0 fully saturated rings. The maximum atomic E-state index is 12.2. The van der Waals surface area contributed by atoms with Crippen molar-refractivity contribution in [3.8, 4) is 0 Å². The van der Waals surface area contributed by atoms with Gasteiger partial charge in [-0.15, -0.1) is 0 Å². The summed E-state index contributed by atoms with van der Waals surface area (Å²) in [5.74, 6) is -0.0213. The summed E-state index contributed by atoms with van der Waals surface area (Å²) < 4.78 is 5.14. The Morgan fingerprint density at radius 2 is 2.37 bits per heavy atom. The van der Waals surface area contributed by atoms with Crippen molar-refractivity contribution in [1.29, 1.82) is 0 Å². The highest BCUT2D eigenvalue weighted by Crippen LogP contribution is 2.23. The average Bonchev–Trinajstić information content (AvgIpc) is 2.86. The lowest BCUT2D eigenvalue weighted by Gasteiger charge is -2.17. The number of benzene rings is 1. The highest BCUT2D eigenvalue weighted by atomic mass is 16.5. The van der Waals surface area contributed by atoms with Gasteiger partial charge in [0.2, 0.25) is 0 Å². The molecule has 2 N–H and O–H groups in total. The zero-order chi connectivity index (χ0) is 13.7. The van der Waals surface area contributed by atoms with Gasteiger partial charge < -0.3 is 15.4 Å². The van der Waals surface area contributed by atoms with Crippen LogP contribution in [0.5, 0.6) is 0 Å². The second-order valence-electron chi connectivity index (χ2n) is 4.96. The van der Waals surface area contributed by atoms with Gasteiger partial charge in [0.05, 0.1) is 12.6 Å². The van der Waals surface area contributed by atoms with Gasteiger partial charge in [-0.3, -0.25) is 4.79 Å². The number of nitrogens with one attached hydrogen (secondary N) is 2. The van der Waals surface area contributed by atoms with Crippen LogP contribution in [-0.2, 0) is 11.2 Å². The molecule has 0 bridgehead atoms. The van der Waals surface area contributed by atoms with Crippen molar-refractivity contribution in [3.05, 3.63) is 29.3 Å². The topological polar surface area (TPSA) is 50.4 Å². The molecule has 1 unspecified atom stereocenters. The van der Waals surface area contributed by atoms with E-state index in [0.29, 0.717) is 12.2 Å². The summed E-state index contributed by atoms with van der Waals surface area (Å²) in [4.78, 5) is 12.2. The van der Waals surface area contributed by atoms with Crippen LogP contribution in [0, 0.1) is 0 Å². The Hall–Kier alpha value is -1.55. The molecule has 104 valence electrons. The van der Waals surface area contributed by atoms with Crippen LogP contribution in [-0.4, -0.2) is 32.2 Å². The molecule has 0 spiro atoms. The Kier molecular flexibility index (Phi) is 4.80. The Bertz CT molecular complexity index is 440. The summed E-state index contributed by atoms with van der Waals surface area (Å²) in [6.45, 7) is 3.62. The Morgan fingerprint density at radius 3 is 3.11 bits per heavy atom. The van der Waals surface area contributed by atoms with Gasteiger partial charge in [0.1, 0.15) is 0 Å². The molecule has 0 radical (unpaired) electrons. The molecule has 0 aliphatic carbocycles. The van der Waals surface area contributed by atoms with Crippen molar-refractivity contribution in [2.75, 3.05) is 25.6 Å². The van der Waals surface area contributed by atoms with Crippen molar-refractivity contribution >= 4 is 11.6 Å². The summed E-state index contributed by atoms with van der Waals surface area (Å²) in [7, 11) is 1.66. The van der Waals surface area contributed by atoms with Crippen LogP contribution >= 0.6 is 0 Å². The molecule has 2 rings (SSSR count). The van der Waals surface area contributed by atoms with Crippen molar-refractivity contribution in [2.24, 2.45) is 0 Å². The van der Waals surface area contributed by atoms with E-state index in [0.717, 1.165) is 31.5 Å². The third-order valence-corrected chi connectivity index (χ3v) is 3.42. The fourth-order valence-corrected chi connectivity index (χ4v) is 2.45. The van der Waals surface area contributed by atoms with Crippen molar-refractivity contribution < 1.29 is 9.53 Å². The predicted molar refractivity (Wildman–Crippen MR) is 76.7 cm³/mol. The highest BCUT2D eigenvalue weighted by molar-refractivity contribution is 5.95. The molecule has 4 heteroatoms. The monoisotopic (exact) mass is 262 g/mol. The number of ether oxygens (including phenoxy) is 1. The number of carbonyl (C=O) groups excluding carboxylic acids is 1. The fourth-order valence-electron chi connectivity index (χ4n) is 2.45. The molecule has 19 heavy (non-hydrogen) atoms. The van der Waals surface area contributed by atoms with Gasteiger partial charge in [0, 0.05) is 24.9 Å². The summed E-state index contributed by atoms with van der Waals surface area (Å²) in [5, 5.41) is 6.33. The lowest BCUT2D eigenvalue weighted by molar-refractivity contribution is 0.0891. The Labute approximate surface area is 114 Å². The Morgan fingerprint density at radius 1 is 1.53 bits per heavy atom. The maximum absolute atomic E-state index is 12.2. The van der Waals surface area contributed by atoms with Crippen LogP contribution < -0.4 is 10.6 Å². The smallest absolute Gasteiger partial charge is 0.251 e. The van der Waals surface area contributed by atoms with Crippen LogP contribution in [0.3, 0.4) is 0 Å². The van der Waals surface area contributed by atoms with Crippen LogP contribution in [0.25, 0.3) is 0 Å². The van der Waals surface area contributed by atoms with Crippen molar-refractivity contribution in [1.82, 2.24) is 5.32 Å². The lowest BCUT2D eigenvalue weighted by atomic mass is 10.1. The number of anilines is 1. The molecule has 1 aromatic rings. The number of amides is 1. The quantitative estimate of drug-likeness (QED) is 0.826. The first kappa shape index (κ1) is 13.9. The van der Waals surface area contributed by atoms with Gasteiger partial charge in [-0.25, -0.2) is 0 Å². The minimum Gasteiger partial charge on any atom is -0.384 e. The Balaban J connectivity index is 2.02. The molecule has 4 nitrogen and oxygen atoms in total. The molecular weight excluding hydrogens is 240 g/mol. The van der Waals surface area contributed by atoms with E-state index < -0.39 is 0 Å². The third kappa shape index (κ3) is 3.47. The summed E-state index contributed by atoms with van der Waals surface area (Å²) in [6.07, 6.45) is 3.00. The lowest BCUT2D eigenvalue weighted by Crippen LogP contribution is -2.37. The number of hydrogen-bond acceptors (Lipinski definition) is 3. The van der Waals surface area contributed by atoms with E-state index in [4.69, 9.17) is 4.74 Å². The number of rotatable bonds is 6. The predicted octanol–water partition coefficient (Wildman–Crippen LogP) is 2.20. The summed E-state index contributed by atoms with van der Waals surface area (Å²) >= 11 is 0. The molecule has 1 aliphatic rings. The highest BCUT2D eigenvalue weighted by Gasteiger charge is 2.16. The van der Waals surface area contributed by atoms with Crippen molar-refractivity contribution in [3.63, 3.8) is 0 Å². The molecule has 0 aromatic heterocycles. The van der Waals surface area contributed by atoms with Gasteiger partial charge in [-0.05, 0) is 30.5 Å². The molecule has 1 amide bonds. The van der Waals surface area contributed by atoms with Gasteiger partial charge in [-0.2, -0.15) is 0 Å². The van der Waals surface area contributed by atoms with E-state index in [-0.39, 0.29) is 11.9 Å². The summed E-state index contributed by atoms with van der Waals surface area (Å²) in [6, 6.07) is 5.96. The van der Waals surface area contributed by atoms with E-state index in [9.17, 15) is 4.79 Å². The molecular formula is C15H22N2O2. The third-order valence-electron chi connectivity index (χ3n) is 3.42. The van der Waals surface area contributed by atoms with Crippen LogP contribution in [0.1, 0.15) is 35.7 Å². The van der Waals surface area contributed by atoms with Crippen LogP contribution in [0.15, 0.2) is 18.2 Å². The first-order valence-electron chi connectivity index (χ1n) is 6.91. The molecule has 1 aromatic carbocycles. The average molecular weight is 262 g/mol. The number of carbonyl (C=O) groups is 1. The maximum Gasteiger partial charge on any atom is 0.251 e. The zero-order valence-corrected chi connectivity index (χ0v) is 11.7. The first-order chi connectivity index (χ1) is 9.24. The standard InChI is InChI=1S/C15H22N2O2/c1-3-4-13(10-19-2)17-15(18)12-6-5-11-7-8-16-14(11)9-12/h5-6,9,13,16H,3-4,7-8,10H2,1-2H3,(H,17,18). The number of hydrogen-bond donors (Lipinski definition) is 2. The van der Waals surface area contributed by atoms with E-state index in [1.54, 1.807) is 7.11 Å². The number of fused-ring (bicyclic) bond motifs is 1. The fraction of sp³-hybridized carbons (Fsp3) is 0.533. The van der Waals surface area contributed by atoms with Gasteiger partial charge in [0.25, 0.3) is 5.91 Å². The van der Waals surface area contributed by atoms with E-state index >= 15 is 0 Å². The van der Waals surface area contributed by atoms with E-state index in [1.165, 1.54) is 5.56 Å². The minimum atomic E-state index is -0.0213. The number of methoxy groups -OCH3 is 1. The van der Waals surface area contributed by atoms with Gasteiger partial charge in [-0.1, -0.05) is 19.4 Å². The van der Waals surface area contributed by atoms with Gasteiger partial charge >= 0.3 is 0 Å². The molecule has 1 atom stereocenters. The molecule has 1 aliphatic heterocycles. The molecule has 1 heterocycles. The van der Waals surface area contributed by atoms with E-state index in [1.807, 2.05) is 18.2 Å². The summed E-state index contributed by atoms with van der Waals surface area (Å²) in [5.41, 5.74) is 3.09. The van der Waals surface area contributed by atoms with Gasteiger partial charge in [0.15, 0.2) is 0 Å². The molecule has 0 saturated carbocycles. The second-order valence-corrected chi connectivity index (χ2v) is 4.96. The zero-order valence-electron chi connectivity index (χ0n) is 11.7. The van der Waals surface area contributed by atoms with E-state index in [2.05, 4.69) is 17.6 Å². The second kappa shape index (κ2) is 6.57. The first-order valence-corrected chi connectivity index (χ1v) is 6.91. The largest absolute Gasteiger partial charge is 0.384 e.